The van der Waals surface area contributed by atoms with E-state index in [4.69, 9.17) is 5.11 Å². The number of carbonyl (C=O) groups is 2. The van der Waals surface area contributed by atoms with Crippen molar-refractivity contribution in [2.45, 2.75) is 25.7 Å². The standard InChI is InChI=1S/C16H20F2N2O3/c17-13-8-12(9-14(18)10-13)7-11-2-5-20(6-3-11)16(23)19-4-1-15(21)22/h8-11H,1-7H2,(H,19,23)(H,21,22). The first-order valence-electron chi connectivity index (χ1n) is 7.63. The quantitative estimate of drug-likeness (QED) is 0.873. The lowest BCUT2D eigenvalue weighted by atomic mass is 9.90. The van der Waals surface area contributed by atoms with E-state index in [-0.39, 0.29) is 24.9 Å². The molecule has 1 aromatic rings. The van der Waals surface area contributed by atoms with Gasteiger partial charge < -0.3 is 15.3 Å². The molecule has 1 aliphatic heterocycles. The smallest absolute Gasteiger partial charge is 0.317 e. The molecule has 23 heavy (non-hydrogen) atoms. The lowest BCUT2D eigenvalue weighted by molar-refractivity contribution is -0.136. The lowest BCUT2D eigenvalue weighted by Gasteiger charge is -2.32. The first-order chi connectivity index (χ1) is 10.9. The fraction of sp³-hybridized carbons (Fsp3) is 0.500. The van der Waals surface area contributed by atoms with Gasteiger partial charge in [0.05, 0.1) is 6.42 Å². The van der Waals surface area contributed by atoms with Crippen molar-refractivity contribution in [1.29, 1.82) is 0 Å². The molecule has 1 heterocycles. The minimum atomic E-state index is -0.952. The van der Waals surface area contributed by atoms with Crippen molar-refractivity contribution in [3.63, 3.8) is 0 Å². The molecule has 1 saturated heterocycles. The zero-order valence-corrected chi connectivity index (χ0v) is 12.7. The molecule has 1 aliphatic rings. The predicted molar refractivity (Wildman–Crippen MR) is 80.0 cm³/mol. The molecule has 7 heteroatoms. The van der Waals surface area contributed by atoms with E-state index in [1.807, 2.05) is 0 Å². The minimum Gasteiger partial charge on any atom is -0.481 e. The van der Waals surface area contributed by atoms with Crippen LogP contribution in [0.3, 0.4) is 0 Å². The van der Waals surface area contributed by atoms with E-state index in [2.05, 4.69) is 5.32 Å². The van der Waals surface area contributed by atoms with Crippen LogP contribution in [0.4, 0.5) is 13.6 Å². The zero-order valence-electron chi connectivity index (χ0n) is 12.7. The molecular formula is C16H20F2N2O3. The maximum atomic E-state index is 13.2. The fourth-order valence-electron chi connectivity index (χ4n) is 2.79. The summed E-state index contributed by atoms with van der Waals surface area (Å²) in [5.41, 5.74) is 0.631. The number of carboxylic acids is 1. The molecule has 1 fully saturated rings. The molecule has 0 atom stereocenters. The van der Waals surface area contributed by atoms with Gasteiger partial charge in [-0.15, -0.1) is 0 Å². The number of amides is 2. The van der Waals surface area contributed by atoms with Crippen LogP contribution in [0.2, 0.25) is 0 Å². The third kappa shape index (κ3) is 5.50. The van der Waals surface area contributed by atoms with Crippen LogP contribution in [0.15, 0.2) is 18.2 Å². The van der Waals surface area contributed by atoms with E-state index in [0.29, 0.717) is 25.1 Å². The van der Waals surface area contributed by atoms with Crippen LogP contribution in [0, 0.1) is 17.6 Å². The molecule has 1 aromatic carbocycles. The number of carbonyl (C=O) groups excluding carboxylic acids is 1. The first-order valence-corrected chi connectivity index (χ1v) is 7.63. The van der Waals surface area contributed by atoms with Crippen molar-refractivity contribution in [3.8, 4) is 0 Å². The second-order valence-corrected chi connectivity index (χ2v) is 5.79. The molecule has 0 bridgehead atoms. The van der Waals surface area contributed by atoms with Gasteiger partial charge in [-0.2, -0.15) is 0 Å². The summed E-state index contributed by atoms with van der Waals surface area (Å²) in [6, 6.07) is 3.27. The van der Waals surface area contributed by atoms with Crippen LogP contribution in [0.1, 0.15) is 24.8 Å². The van der Waals surface area contributed by atoms with Gasteiger partial charge >= 0.3 is 12.0 Å². The number of halogens is 2. The average Bonchev–Trinajstić information content (AvgIpc) is 2.46. The number of hydrogen-bond donors (Lipinski definition) is 2. The number of carboxylic acid groups (broad SMARTS) is 1. The molecule has 0 radical (unpaired) electrons. The number of piperidine rings is 1. The number of benzene rings is 1. The van der Waals surface area contributed by atoms with Crippen LogP contribution in [-0.4, -0.2) is 41.6 Å². The third-order valence-corrected chi connectivity index (χ3v) is 3.96. The number of nitrogens with zero attached hydrogens (tertiary/aromatic N) is 1. The van der Waals surface area contributed by atoms with Gasteiger partial charge in [-0.25, -0.2) is 13.6 Å². The van der Waals surface area contributed by atoms with Crippen molar-refractivity contribution in [1.82, 2.24) is 10.2 Å². The Morgan fingerprint density at radius 2 is 1.78 bits per heavy atom. The largest absolute Gasteiger partial charge is 0.481 e. The van der Waals surface area contributed by atoms with Crippen molar-refractivity contribution < 1.29 is 23.5 Å². The van der Waals surface area contributed by atoms with Gasteiger partial charge in [0.2, 0.25) is 0 Å². The van der Waals surface area contributed by atoms with E-state index >= 15 is 0 Å². The molecule has 0 aromatic heterocycles. The van der Waals surface area contributed by atoms with Crippen molar-refractivity contribution in [3.05, 3.63) is 35.4 Å². The van der Waals surface area contributed by atoms with Crippen LogP contribution in [0.25, 0.3) is 0 Å². The summed E-state index contributed by atoms with van der Waals surface area (Å²) in [5.74, 6) is -1.82. The van der Waals surface area contributed by atoms with Crippen molar-refractivity contribution >= 4 is 12.0 Å². The second kappa shape index (κ2) is 7.89. The van der Waals surface area contributed by atoms with Gasteiger partial charge in [-0.1, -0.05) is 0 Å². The molecule has 2 N–H and O–H groups in total. The molecule has 0 aliphatic carbocycles. The molecule has 2 rings (SSSR count). The van der Waals surface area contributed by atoms with E-state index < -0.39 is 17.6 Å². The molecule has 5 nitrogen and oxygen atoms in total. The van der Waals surface area contributed by atoms with Gasteiger partial charge in [-0.05, 0) is 42.9 Å². The Balaban J connectivity index is 1.77. The predicted octanol–water partition coefficient (Wildman–Crippen LogP) is 2.40. The normalized spacial score (nSPS) is 15.5. The summed E-state index contributed by atoms with van der Waals surface area (Å²) >= 11 is 0. The summed E-state index contributed by atoms with van der Waals surface area (Å²) in [6.45, 7) is 1.22. The Bertz CT molecular complexity index is 552. The Labute approximate surface area is 133 Å². The van der Waals surface area contributed by atoms with Crippen LogP contribution >= 0.6 is 0 Å². The maximum Gasteiger partial charge on any atom is 0.317 e. The molecule has 0 unspecified atom stereocenters. The Kier molecular flexibility index (Phi) is 5.90. The summed E-state index contributed by atoms with van der Waals surface area (Å²) in [6.07, 6.45) is 1.99. The molecular weight excluding hydrogens is 306 g/mol. The highest BCUT2D eigenvalue weighted by Gasteiger charge is 2.23. The van der Waals surface area contributed by atoms with Gasteiger partial charge in [0.15, 0.2) is 0 Å². The maximum absolute atomic E-state index is 13.2. The number of urea groups is 1. The molecule has 0 spiro atoms. The Morgan fingerprint density at radius 1 is 1.17 bits per heavy atom. The van der Waals surface area contributed by atoms with E-state index in [1.54, 1.807) is 4.90 Å². The minimum absolute atomic E-state index is 0.104. The highest BCUT2D eigenvalue weighted by molar-refractivity contribution is 5.75. The number of aliphatic carboxylic acids is 1. The molecule has 0 saturated carbocycles. The average molecular weight is 326 g/mol. The number of likely N-dealkylation sites (tertiary alicyclic amines) is 1. The summed E-state index contributed by atoms with van der Waals surface area (Å²) in [7, 11) is 0. The second-order valence-electron chi connectivity index (χ2n) is 5.79. The Morgan fingerprint density at radius 3 is 2.35 bits per heavy atom. The van der Waals surface area contributed by atoms with Gasteiger partial charge in [0.1, 0.15) is 11.6 Å². The zero-order chi connectivity index (χ0) is 16.8. The fourth-order valence-corrected chi connectivity index (χ4v) is 2.79. The van der Waals surface area contributed by atoms with Gasteiger partial charge in [0.25, 0.3) is 0 Å². The Hall–Kier alpha value is -2.18. The van der Waals surface area contributed by atoms with Crippen LogP contribution in [-0.2, 0) is 11.2 Å². The highest BCUT2D eigenvalue weighted by Crippen LogP contribution is 2.22. The summed E-state index contributed by atoms with van der Waals surface area (Å²) in [5, 5.41) is 11.1. The number of rotatable bonds is 5. The SMILES string of the molecule is O=C(O)CCNC(=O)N1CCC(Cc2cc(F)cc(F)c2)CC1. The number of nitrogens with one attached hydrogen (secondary N) is 1. The summed E-state index contributed by atoms with van der Waals surface area (Å²) in [4.78, 5) is 23.9. The third-order valence-electron chi connectivity index (χ3n) is 3.96. The highest BCUT2D eigenvalue weighted by atomic mass is 19.1. The van der Waals surface area contributed by atoms with Crippen LogP contribution < -0.4 is 5.32 Å². The summed E-state index contributed by atoms with van der Waals surface area (Å²) < 4.78 is 26.4. The first kappa shape index (κ1) is 17.2. The number of hydrogen-bond acceptors (Lipinski definition) is 2. The molecule has 126 valence electrons. The van der Waals surface area contributed by atoms with Crippen molar-refractivity contribution in [2.24, 2.45) is 5.92 Å². The topological polar surface area (TPSA) is 69.6 Å². The molecule has 2 amide bonds. The van der Waals surface area contributed by atoms with Gasteiger partial charge in [-0.3, -0.25) is 4.79 Å². The van der Waals surface area contributed by atoms with Gasteiger partial charge in [0, 0.05) is 25.7 Å². The van der Waals surface area contributed by atoms with Crippen LogP contribution in [0.5, 0.6) is 0 Å². The van der Waals surface area contributed by atoms with E-state index in [1.165, 1.54) is 12.1 Å². The lowest BCUT2D eigenvalue weighted by Crippen LogP contribution is -2.45. The van der Waals surface area contributed by atoms with E-state index in [0.717, 1.165) is 18.9 Å². The van der Waals surface area contributed by atoms with Crippen molar-refractivity contribution in [2.75, 3.05) is 19.6 Å². The van der Waals surface area contributed by atoms with E-state index in [9.17, 15) is 18.4 Å². The monoisotopic (exact) mass is 326 g/mol.